The van der Waals surface area contributed by atoms with Gasteiger partial charge in [0.15, 0.2) is 0 Å². The van der Waals surface area contributed by atoms with Crippen LogP contribution in [0.25, 0.3) is 0 Å². The monoisotopic (exact) mass is 220 g/mol. The zero-order chi connectivity index (χ0) is 8.69. The molecule has 0 amide bonds. The van der Waals surface area contributed by atoms with Crippen molar-refractivity contribution in [3.05, 3.63) is 11.6 Å². The van der Waals surface area contributed by atoms with E-state index in [-0.39, 0.29) is 5.97 Å². The molecule has 0 fully saturated rings. The molecule has 0 radical (unpaired) electrons. The average Bonchev–Trinajstić information content (AvgIpc) is 1.87. The van der Waals surface area contributed by atoms with Gasteiger partial charge in [-0.2, -0.15) is 0 Å². The number of halogens is 1. The van der Waals surface area contributed by atoms with Gasteiger partial charge in [0, 0.05) is 18.7 Å². The predicted molar refractivity (Wildman–Crippen MR) is 48.8 cm³/mol. The molecular weight excluding hydrogens is 208 g/mol. The van der Waals surface area contributed by atoms with Crippen LogP contribution in [0.3, 0.4) is 0 Å². The van der Waals surface area contributed by atoms with Crippen LogP contribution < -0.4 is 0 Å². The first kappa shape index (κ1) is 10.7. The number of ether oxygens (including phenoxy) is 1. The molecule has 0 unspecified atom stereocenters. The first-order chi connectivity index (χ1) is 5.16. The Hall–Kier alpha value is -0.310. The maximum Gasteiger partial charge on any atom is 0.302 e. The van der Waals surface area contributed by atoms with Crippen molar-refractivity contribution in [1.82, 2.24) is 0 Å². The molecule has 0 aliphatic heterocycles. The summed E-state index contributed by atoms with van der Waals surface area (Å²) < 4.78 is 4.76. The number of allylic oxidation sites excluding steroid dienone is 1. The molecule has 64 valence electrons. The summed E-state index contributed by atoms with van der Waals surface area (Å²) in [5.74, 6) is -0.211. The van der Waals surface area contributed by atoms with E-state index in [0.29, 0.717) is 6.61 Å². The van der Waals surface area contributed by atoms with Gasteiger partial charge in [-0.1, -0.05) is 27.6 Å². The van der Waals surface area contributed by atoms with E-state index in [1.807, 2.05) is 6.92 Å². The number of alkyl halides is 1. The molecule has 0 heterocycles. The third-order valence-electron chi connectivity index (χ3n) is 1.23. The van der Waals surface area contributed by atoms with Crippen molar-refractivity contribution in [2.75, 3.05) is 11.9 Å². The SMILES string of the molecule is CC(=O)OCCC(C)=CCBr. The number of carbonyl (C=O) groups excluding carboxylic acids is 1. The standard InChI is InChI=1S/C8H13BrO2/c1-7(3-5-9)4-6-11-8(2)10/h3H,4-6H2,1-2H3. The van der Waals surface area contributed by atoms with Gasteiger partial charge in [0.25, 0.3) is 0 Å². The van der Waals surface area contributed by atoms with Crippen molar-refractivity contribution in [2.24, 2.45) is 0 Å². The summed E-state index contributed by atoms with van der Waals surface area (Å²) in [5.41, 5.74) is 1.24. The fraction of sp³-hybridized carbons (Fsp3) is 0.625. The minimum Gasteiger partial charge on any atom is -0.466 e. The first-order valence-corrected chi connectivity index (χ1v) is 4.64. The third-order valence-corrected chi connectivity index (χ3v) is 1.55. The van der Waals surface area contributed by atoms with Crippen molar-refractivity contribution in [3.8, 4) is 0 Å². The fourth-order valence-corrected chi connectivity index (χ4v) is 1.14. The van der Waals surface area contributed by atoms with Gasteiger partial charge in [0.2, 0.25) is 0 Å². The number of carbonyl (C=O) groups is 1. The highest BCUT2D eigenvalue weighted by Crippen LogP contribution is 2.00. The molecule has 0 rings (SSSR count). The van der Waals surface area contributed by atoms with Gasteiger partial charge in [-0.05, 0) is 6.92 Å². The molecular formula is C8H13BrO2. The fourth-order valence-electron chi connectivity index (χ4n) is 0.590. The van der Waals surface area contributed by atoms with Gasteiger partial charge in [-0.25, -0.2) is 0 Å². The lowest BCUT2D eigenvalue weighted by atomic mass is 10.2. The van der Waals surface area contributed by atoms with Gasteiger partial charge in [-0.3, -0.25) is 4.79 Å². The van der Waals surface area contributed by atoms with Crippen LogP contribution in [0, 0.1) is 0 Å². The Bertz CT molecular complexity index is 152. The first-order valence-electron chi connectivity index (χ1n) is 3.51. The predicted octanol–water partition coefficient (Wildman–Crippen LogP) is 2.28. The molecule has 0 aliphatic rings. The molecule has 0 aliphatic carbocycles. The summed E-state index contributed by atoms with van der Waals surface area (Å²) in [7, 11) is 0. The van der Waals surface area contributed by atoms with Gasteiger partial charge in [0.05, 0.1) is 6.61 Å². The van der Waals surface area contributed by atoms with Gasteiger partial charge in [-0.15, -0.1) is 0 Å². The molecule has 0 atom stereocenters. The highest BCUT2D eigenvalue weighted by molar-refractivity contribution is 9.09. The van der Waals surface area contributed by atoms with Gasteiger partial charge < -0.3 is 4.74 Å². The number of hydrogen-bond acceptors (Lipinski definition) is 2. The number of hydrogen-bond donors (Lipinski definition) is 0. The molecule has 2 nitrogen and oxygen atoms in total. The lowest BCUT2D eigenvalue weighted by molar-refractivity contribution is -0.140. The van der Waals surface area contributed by atoms with E-state index in [0.717, 1.165) is 11.8 Å². The third kappa shape index (κ3) is 7.59. The quantitative estimate of drug-likeness (QED) is 0.413. The lowest BCUT2D eigenvalue weighted by Gasteiger charge is -2.00. The molecule has 0 N–H and O–H groups in total. The molecule has 11 heavy (non-hydrogen) atoms. The topological polar surface area (TPSA) is 26.3 Å². The smallest absolute Gasteiger partial charge is 0.302 e. The molecule has 0 aromatic carbocycles. The van der Waals surface area contributed by atoms with Crippen molar-refractivity contribution in [3.63, 3.8) is 0 Å². The average molecular weight is 221 g/mol. The maximum absolute atomic E-state index is 10.3. The Morgan fingerprint density at radius 2 is 2.18 bits per heavy atom. The Balaban J connectivity index is 3.38. The Morgan fingerprint density at radius 1 is 1.55 bits per heavy atom. The van der Waals surface area contributed by atoms with E-state index in [1.165, 1.54) is 12.5 Å². The molecule has 0 aromatic heterocycles. The van der Waals surface area contributed by atoms with E-state index < -0.39 is 0 Å². The summed E-state index contributed by atoms with van der Waals surface area (Å²) in [5, 5.41) is 0.860. The van der Waals surface area contributed by atoms with Crippen LogP contribution in [-0.4, -0.2) is 17.9 Å². The summed E-state index contributed by atoms with van der Waals surface area (Å²) in [6, 6.07) is 0. The van der Waals surface area contributed by atoms with Crippen molar-refractivity contribution >= 4 is 21.9 Å². The summed E-state index contributed by atoms with van der Waals surface area (Å²) >= 11 is 3.29. The Morgan fingerprint density at radius 3 is 2.64 bits per heavy atom. The second kappa shape index (κ2) is 6.40. The molecule has 0 bridgehead atoms. The Kier molecular flexibility index (Phi) is 6.22. The largest absolute Gasteiger partial charge is 0.466 e. The van der Waals surface area contributed by atoms with Crippen molar-refractivity contribution in [1.29, 1.82) is 0 Å². The summed E-state index contributed by atoms with van der Waals surface area (Å²) in [6.45, 7) is 3.93. The highest BCUT2D eigenvalue weighted by atomic mass is 79.9. The van der Waals surface area contributed by atoms with E-state index in [4.69, 9.17) is 4.74 Å². The van der Waals surface area contributed by atoms with E-state index in [2.05, 4.69) is 22.0 Å². The molecule has 3 heteroatoms. The minimum atomic E-state index is -0.211. The zero-order valence-corrected chi connectivity index (χ0v) is 8.48. The lowest BCUT2D eigenvalue weighted by Crippen LogP contribution is -2.00. The van der Waals surface area contributed by atoms with Crippen LogP contribution in [-0.2, 0) is 9.53 Å². The normalized spacial score (nSPS) is 11.4. The molecule has 0 aromatic rings. The van der Waals surface area contributed by atoms with E-state index >= 15 is 0 Å². The zero-order valence-electron chi connectivity index (χ0n) is 6.89. The summed E-state index contributed by atoms with van der Waals surface area (Å²) in [4.78, 5) is 10.3. The van der Waals surface area contributed by atoms with Crippen LogP contribution in [0.5, 0.6) is 0 Å². The molecule has 0 saturated carbocycles. The highest BCUT2D eigenvalue weighted by Gasteiger charge is 1.92. The van der Waals surface area contributed by atoms with Crippen molar-refractivity contribution in [2.45, 2.75) is 20.3 Å². The summed E-state index contributed by atoms with van der Waals surface area (Å²) in [6.07, 6.45) is 2.88. The van der Waals surface area contributed by atoms with Gasteiger partial charge >= 0.3 is 5.97 Å². The van der Waals surface area contributed by atoms with Crippen LogP contribution in [0.2, 0.25) is 0 Å². The number of rotatable bonds is 4. The minimum absolute atomic E-state index is 0.211. The van der Waals surface area contributed by atoms with Crippen LogP contribution >= 0.6 is 15.9 Å². The van der Waals surface area contributed by atoms with Crippen LogP contribution in [0.15, 0.2) is 11.6 Å². The van der Waals surface area contributed by atoms with Crippen molar-refractivity contribution < 1.29 is 9.53 Å². The van der Waals surface area contributed by atoms with Crippen LogP contribution in [0.4, 0.5) is 0 Å². The molecule has 0 saturated heterocycles. The molecule has 0 spiro atoms. The second-order valence-electron chi connectivity index (χ2n) is 2.29. The Labute approximate surface area is 75.7 Å². The van der Waals surface area contributed by atoms with E-state index in [9.17, 15) is 4.79 Å². The maximum atomic E-state index is 10.3. The van der Waals surface area contributed by atoms with Gasteiger partial charge in [0.1, 0.15) is 0 Å². The van der Waals surface area contributed by atoms with E-state index in [1.54, 1.807) is 0 Å². The number of esters is 1. The van der Waals surface area contributed by atoms with Crippen LogP contribution in [0.1, 0.15) is 20.3 Å². The second-order valence-corrected chi connectivity index (χ2v) is 2.94.